The Morgan fingerprint density at radius 1 is 1.33 bits per heavy atom. The highest BCUT2D eigenvalue weighted by Crippen LogP contribution is 2.28. The molecule has 1 aromatic heterocycles. The molecule has 1 rings (SSSR count). The van der Waals surface area contributed by atoms with Gasteiger partial charge in [-0.3, -0.25) is 4.79 Å². The Kier molecular flexibility index (Phi) is 4.50. The summed E-state index contributed by atoms with van der Waals surface area (Å²) in [5.74, 6) is -0.960. The lowest BCUT2D eigenvalue weighted by atomic mass is 10.4. The zero-order valence-corrected chi connectivity index (χ0v) is 9.62. The monoisotopic (exact) mass is 248 g/mol. The van der Waals surface area contributed by atoms with Crippen LogP contribution in [0.4, 0.5) is 23.3 Å². The quantitative estimate of drug-likeness (QED) is 0.414. The van der Waals surface area contributed by atoms with Gasteiger partial charge in [0.05, 0.1) is 0 Å². The van der Waals surface area contributed by atoms with Crippen LogP contribution in [0.25, 0.3) is 0 Å². The van der Waals surface area contributed by atoms with E-state index >= 15 is 0 Å². The van der Waals surface area contributed by atoms with Gasteiger partial charge in [0, 0.05) is 6.08 Å². The van der Waals surface area contributed by atoms with Crippen molar-refractivity contribution in [3.05, 3.63) is 29.2 Å². The maximum atomic E-state index is 11.5. The van der Waals surface area contributed by atoms with Crippen molar-refractivity contribution < 1.29 is 4.79 Å². The first-order valence-electron chi connectivity index (χ1n) is 4.95. The molecule has 0 saturated heterocycles. The molecule has 94 valence electrons. The molecule has 0 saturated carbocycles. The summed E-state index contributed by atoms with van der Waals surface area (Å²) in [6, 6.07) is 0. The van der Waals surface area contributed by atoms with Crippen LogP contribution >= 0.6 is 0 Å². The van der Waals surface area contributed by atoms with Crippen molar-refractivity contribution >= 4 is 29.2 Å². The largest absolute Gasteiger partial charge is 0.382 e. The fraction of sp³-hybridized carbons (Fsp3) is 0.100. The lowest BCUT2D eigenvalue weighted by molar-refractivity contribution is -0.111. The Balaban J connectivity index is 2.96. The number of allylic oxidation sites excluding steroid dienone is 3. The molecule has 1 heterocycles. The van der Waals surface area contributed by atoms with Crippen molar-refractivity contribution in [3.8, 4) is 0 Å². The standard InChI is InChI=1S/C10H12N6O2/c1-2-3-4-5-6(17)13-9-7(16-18)8(11)14-10(12)15-9/h2-5H,1H3,(H5,11,12,13,14,15,17)/b3-2+,5-4+. The maximum absolute atomic E-state index is 11.5. The van der Waals surface area contributed by atoms with Gasteiger partial charge in [0.1, 0.15) is 0 Å². The molecule has 0 unspecified atom stereocenters. The average molecular weight is 248 g/mol. The van der Waals surface area contributed by atoms with Crippen molar-refractivity contribution in [3.63, 3.8) is 0 Å². The van der Waals surface area contributed by atoms with Gasteiger partial charge in [0.15, 0.2) is 17.3 Å². The summed E-state index contributed by atoms with van der Waals surface area (Å²) in [7, 11) is 0. The van der Waals surface area contributed by atoms with Crippen LogP contribution in [-0.2, 0) is 4.79 Å². The van der Waals surface area contributed by atoms with Crippen molar-refractivity contribution in [2.75, 3.05) is 16.8 Å². The van der Waals surface area contributed by atoms with E-state index in [0.717, 1.165) is 0 Å². The third-order valence-electron chi connectivity index (χ3n) is 1.81. The molecule has 0 spiro atoms. The Bertz CT molecular complexity index is 523. The molecule has 18 heavy (non-hydrogen) atoms. The summed E-state index contributed by atoms with van der Waals surface area (Å²) in [4.78, 5) is 29.3. The lowest BCUT2D eigenvalue weighted by Crippen LogP contribution is -2.12. The number of hydrogen-bond donors (Lipinski definition) is 3. The molecule has 1 aromatic rings. The molecule has 8 nitrogen and oxygen atoms in total. The van der Waals surface area contributed by atoms with Crippen molar-refractivity contribution in [1.29, 1.82) is 0 Å². The normalized spacial score (nSPS) is 10.9. The number of carbonyl (C=O) groups is 1. The SMILES string of the molecule is C/C=C/C=C/C(=O)Nc1nc(N)nc(N)c1N=O. The molecule has 8 heteroatoms. The van der Waals surface area contributed by atoms with E-state index in [1.54, 1.807) is 12.2 Å². The second-order valence-electron chi connectivity index (χ2n) is 3.13. The molecular formula is C10H12N6O2. The number of amides is 1. The first-order valence-corrected chi connectivity index (χ1v) is 4.95. The molecule has 0 aromatic carbocycles. The highest BCUT2D eigenvalue weighted by molar-refractivity contribution is 6.01. The number of hydrogen-bond acceptors (Lipinski definition) is 7. The molecule has 0 aliphatic heterocycles. The number of nitrogens with two attached hydrogens (primary N) is 2. The Hall–Kier alpha value is -2.77. The zero-order valence-electron chi connectivity index (χ0n) is 9.62. The number of nitrogen functional groups attached to an aromatic ring is 2. The third kappa shape index (κ3) is 3.37. The Morgan fingerprint density at radius 3 is 2.67 bits per heavy atom. The number of anilines is 3. The van der Waals surface area contributed by atoms with Crippen LogP contribution in [0.15, 0.2) is 29.5 Å². The van der Waals surface area contributed by atoms with E-state index < -0.39 is 5.91 Å². The Morgan fingerprint density at radius 2 is 2.06 bits per heavy atom. The predicted molar refractivity (Wildman–Crippen MR) is 68.9 cm³/mol. The highest BCUT2D eigenvalue weighted by Gasteiger charge is 2.13. The molecule has 0 aliphatic rings. The number of rotatable bonds is 4. The molecule has 0 aliphatic carbocycles. The second kappa shape index (κ2) is 6.09. The number of nitrogens with one attached hydrogen (secondary N) is 1. The van der Waals surface area contributed by atoms with Crippen molar-refractivity contribution in [2.24, 2.45) is 5.18 Å². The van der Waals surface area contributed by atoms with Gasteiger partial charge in [-0.25, -0.2) is 0 Å². The summed E-state index contributed by atoms with van der Waals surface area (Å²) < 4.78 is 0. The third-order valence-corrected chi connectivity index (χ3v) is 1.81. The van der Waals surface area contributed by atoms with Crippen LogP contribution < -0.4 is 16.8 Å². The summed E-state index contributed by atoms with van der Waals surface area (Å²) in [6.07, 6.45) is 6.20. The fourth-order valence-electron chi connectivity index (χ4n) is 1.08. The minimum absolute atomic E-state index is 0.120. The molecule has 5 N–H and O–H groups in total. The molecule has 0 radical (unpaired) electrons. The van der Waals surface area contributed by atoms with Crippen LogP contribution in [0.1, 0.15) is 6.92 Å². The van der Waals surface area contributed by atoms with Gasteiger partial charge in [-0.15, -0.1) is 4.91 Å². The molecule has 0 bridgehead atoms. The van der Waals surface area contributed by atoms with E-state index in [1.165, 1.54) is 12.2 Å². The van der Waals surface area contributed by atoms with E-state index in [9.17, 15) is 9.70 Å². The smallest absolute Gasteiger partial charge is 0.249 e. The van der Waals surface area contributed by atoms with Gasteiger partial charge in [0.2, 0.25) is 11.9 Å². The van der Waals surface area contributed by atoms with Crippen LogP contribution in [0, 0.1) is 4.91 Å². The summed E-state index contributed by atoms with van der Waals surface area (Å²) in [6.45, 7) is 1.81. The van der Waals surface area contributed by atoms with Crippen LogP contribution in [0.2, 0.25) is 0 Å². The summed E-state index contributed by atoms with van der Waals surface area (Å²) in [5, 5.41) is 4.99. The Labute approximate surface area is 103 Å². The van der Waals surface area contributed by atoms with E-state index in [1.807, 2.05) is 6.92 Å². The van der Waals surface area contributed by atoms with Crippen LogP contribution in [0.3, 0.4) is 0 Å². The van der Waals surface area contributed by atoms with Crippen LogP contribution in [0.5, 0.6) is 0 Å². The summed E-state index contributed by atoms with van der Waals surface area (Å²) in [5.41, 5.74) is 10.5. The van der Waals surface area contributed by atoms with Crippen LogP contribution in [-0.4, -0.2) is 15.9 Å². The second-order valence-corrected chi connectivity index (χ2v) is 3.13. The molecule has 0 fully saturated rings. The van der Waals surface area contributed by atoms with E-state index in [4.69, 9.17) is 11.5 Å². The van der Waals surface area contributed by atoms with Gasteiger partial charge >= 0.3 is 0 Å². The number of aromatic nitrogens is 2. The highest BCUT2D eigenvalue weighted by atomic mass is 16.3. The van der Waals surface area contributed by atoms with Crippen molar-refractivity contribution in [2.45, 2.75) is 6.92 Å². The first kappa shape index (κ1) is 13.3. The van der Waals surface area contributed by atoms with Gasteiger partial charge in [-0.1, -0.05) is 18.2 Å². The fourth-order valence-corrected chi connectivity index (χ4v) is 1.08. The van der Waals surface area contributed by atoms with Gasteiger partial charge in [-0.2, -0.15) is 9.97 Å². The zero-order chi connectivity index (χ0) is 13.5. The van der Waals surface area contributed by atoms with E-state index in [2.05, 4.69) is 20.5 Å². The van der Waals surface area contributed by atoms with Crippen molar-refractivity contribution in [1.82, 2.24) is 9.97 Å². The number of nitrogens with zero attached hydrogens (tertiary/aromatic N) is 3. The lowest BCUT2D eigenvalue weighted by Gasteiger charge is -2.05. The van der Waals surface area contributed by atoms with Gasteiger partial charge in [0.25, 0.3) is 0 Å². The van der Waals surface area contributed by atoms with E-state index in [-0.39, 0.29) is 23.3 Å². The predicted octanol–water partition coefficient (Wildman–Crippen LogP) is 1.11. The molecular weight excluding hydrogens is 236 g/mol. The molecule has 0 atom stereocenters. The summed E-state index contributed by atoms with van der Waals surface area (Å²) >= 11 is 0. The van der Waals surface area contributed by atoms with Gasteiger partial charge in [-0.05, 0) is 12.1 Å². The topological polar surface area (TPSA) is 136 Å². The number of nitroso groups, excluding NO2 is 1. The average Bonchev–Trinajstić information content (AvgIpc) is 2.28. The minimum Gasteiger partial charge on any atom is -0.382 e. The minimum atomic E-state index is -0.490. The number of carbonyl (C=O) groups excluding carboxylic acids is 1. The van der Waals surface area contributed by atoms with Gasteiger partial charge < -0.3 is 16.8 Å². The molecule has 1 amide bonds. The first-order chi connectivity index (χ1) is 8.58. The maximum Gasteiger partial charge on any atom is 0.249 e. The van der Waals surface area contributed by atoms with E-state index in [0.29, 0.717) is 0 Å².